The molecule has 1 aromatic carbocycles. The van der Waals surface area contributed by atoms with Crippen molar-refractivity contribution in [3.05, 3.63) is 33.9 Å². The summed E-state index contributed by atoms with van der Waals surface area (Å²) in [4.78, 5) is 0. The number of benzene rings is 1. The molecule has 1 aromatic heterocycles. The van der Waals surface area contributed by atoms with Gasteiger partial charge in [-0.1, -0.05) is 15.9 Å². The molecule has 0 saturated heterocycles. The summed E-state index contributed by atoms with van der Waals surface area (Å²) in [5.74, 6) is 0.689. The summed E-state index contributed by atoms with van der Waals surface area (Å²) in [6.45, 7) is 4.12. The summed E-state index contributed by atoms with van der Waals surface area (Å²) >= 11 is 3.55. The first-order chi connectivity index (χ1) is 7.97. The maximum absolute atomic E-state index is 5.84. The van der Waals surface area contributed by atoms with Gasteiger partial charge >= 0.3 is 0 Å². The molecule has 0 saturated carbocycles. The fourth-order valence-electron chi connectivity index (χ4n) is 1.76. The van der Waals surface area contributed by atoms with E-state index < -0.39 is 0 Å². The normalized spacial score (nSPS) is 10.6. The number of aryl methyl sites for hydroxylation is 3. The van der Waals surface area contributed by atoms with E-state index in [0.717, 1.165) is 10.2 Å². The largest absolute Gasteiger partial charge is 0.394 e. The third-order valence-corrected chi connectivity index (χ3v) is 3.81. The van der Waals surface area contributed by atoms with Crippen molar-refractivity contribution in [2.45, 2.75) is 13.8 Å². The quantitative estimate of drug-likeness (QED) is 0.895. The Hall–Kier alpha value is -1.49. The number of nitrogen functional groups attached to an aromatic ring is 1. The number of aromatic nitrogens is 2. The standard InChI is InChI=1S/C12H15BrN4/c1-7-4-9(5-8(2)11(7)13)15-12-10(14)6-17(3)16-12/h4-6H,14H2,1-3H3,(H,15,16). The van der Waals surface area contributed by atoms with Gasteiger partial charge in [0.15, 0.2) is 5.82 Å². The maximum Gasteiger partial charge on any atom is 0.175 e. The summed E-state index contributed by atoms with van der Waals surface area (Å²) in [6.07, 6.45) is 1.78. The molecule has 3 N–H and O–H groups in total. The van der Waals surface area contributed by atoms with Crippen LogP contribution in [0.3, 0.4) is 0 Å². The molecule has 0 radical (unpaired) electrons. The van der Waals surface area contributed by atoms with Crippen LogP contribution in [0.25, 0.3) is 0 Å². The zero-order chi connectivity index (χ0) is 12.6. The van der Waals surface area contributed by atoms with E-state index in [-0.39, 0.29) is 0 Å². The van der Waals surface area contributed by atoms with Gasteiger partial charge in [0.1, 0.15) is 0 Å². The Morgan fingerprint density at radius 2 is 1.88 bits per heavy atom. The molecule has 0 spiro atoms. The highest BCUT2D eigenvalue weighted by Crippen LogP contribution is 2.27. The van der Waals surface area contributed by atoms with Crippen molar-refractivity contribution in [3.63, 3.8) is 0 Å². The number of nitrogens with zero attached hydrogens (tertiary/aromatic N) is 2. The Kier molecular flexibility index (Phi) is 3.11. The topological polar surface area (TPSA) is 55.9 Å². The fraction of sp³-hybridized carbons (Fsp3) is 0.250. The van der Waals surface area contributed by atoms with Crippen LogP contribution >= 0.6 is 15.9 Å². The van der Waals surface area contributed by atoms with Crippen LogP contribution in [0.1, 0.15) is 11.1 Å². The number of halogens is 1. The van der Waals surface area contributed by atoms with E-state index in [1.807, 2.05) is 7.05 Å². The first-order valence-electron chi connectivity index (χ1n) is 5.30. The van der Waals surface area contributed by atoms with Crippen LogP contribution in [0.4, 0.5) is 17.2 Å². The molecule has 0 aliphatic heterocycles. The summed E-state index contributed by atoms with van der Waals surface area (Å²) in [5, 5.41) is 7.48. The lowest BCUT2D eigenvalue weighted by Gasteiger charge is -2.09. The van der Waals surface area contributed by atoms with Crippen molar-refractivity contribution in [2.24, 2.45) is 7.05 Å². The van der Waals surface area contributed by atoms with E-state index in [0.29, 0.717) is 11.5 Å². The molecular formula is C12H15BrN4. The highest BCUT2D eigenvalue weighted by molar-refractivity contribution is 9.10. The van der Waals surface area contributed by atoms with Gasteiger partial charge in [-0.15, -0.1) is 0 Å². The summed E-state index contributed by atoms with van der Waals surface area (Å²) < 4.78 is 2.83. The fourth-order valence-corrected chi connectivity index (χ4v) is 1.99. The Morgan fingerprint density at radius 1 is 1.29 bits per heavy atom. The number of hydrogen-bond donors (Lipinski definition) is 2. The van der Waals surface area contributed by atoms with E-state index >= 15 is 0 Å². The number of nitrogens with two attached hydrogens (primary N) is 1. The van der Waals surface area contributed by atoms with Gasteiger partial charge < -0.3 is 11.1 Å². The number of anilines is 3. The molecule has 0 unspecified atom stereocenters. The Labute approximate surface area is 109 Å². The average molecular weight is 295 g/mol. The third kappa shape index (κ3) is 2.44. The Balaban J connectivity index is 2.33. The van der Waals surface area contributed by atoms with Crippen LogP contribution in [0.15, 0.2) is 22.8 Å². The molecule has 5 heteroatoms. The van der Waals surface area contributed by atoms with Gasteiger partial charge in [0, 0.05) is 23.4 Å². The summed E-state index contributed by atoms with van der Waals surface area (Å²) in [6, 6.07) is 4.12. The second-order valence-corrected chi connectivity index (χ2v) is 4.95. The predicted octanol–water partition coefficient (Wildman–Crippen LogP) is 3.13. The summed E-state index contributed by atoms with van der Waals surface area (Å²) in [7, 11) is 1.85. The second-order valence-electron chi connectivity index (χ2n) is 4.16. The van der Waals surface area contributed by atoms with Crippen LogP contribution in [0.2, 0.25) is 0 Å². The van der Waals surface area contributed by atoms with Gasteiger partial charge in [0.05, 0.1) is 5.69 Å². The van der Waals surface area contributed by atoms with E-state index in [1.54, 1.807) is 10.9 Å². The molecule has 0 atom stereocenters. The number of hydrogen-bond acceptors (Lipinski definition) is 3. The van der Waals surface area contributed by atoms with Crippen LogP contribution in [-0.2, 0) is 7.05 Å². The molecule has 1 heterocycles. The zero-order valence-corrected chi connectivity index (χ0v) is 11.7. The van der Waals surface area contributed by atoms with Crippen molar-refractivity contribution in [2.75, 3.05) is 11.1 Å². The highest BCUT2D eigenvalue weighted by atomic mass is 79.9. The highest BCUT2D eigenvalue weighted by Gasteiger charge is 2.06. The van der Waals surface area contributed by atoms with Gasteiger partial charge in [-0.2, -0.15) is 5.10 Å². The van der Waals surface area contributed by atoms with Crippen LogP contribution in [-0.4, -0.2) is 9.78 Å². The minimum atomic E-state index is 0.644. The van der Waals surface area contributed by atoms with Crippen LogP contribution < -0.4 is 11.1 Å². The molecule has 0 fully saturated rings. The lowest BCUT2D eigenvalue weighted by atomic mass is 10.1. The molecule has 0 amide bonds. The monoisotopic (exact) mass is 294 g/mol. The maximum atomic E-state index is 5.84. The van der Waals surface area contributed by atoms with E-state index in [2.05, 4.69) is 52.3 Å². The van der Waals surface area contributed by atoms with Crippen molar-refractivity contribution >= 4 is 33.1 Å². The Bertz CT molecular complexity index is 537. The van der Waals surface area contributed by atoms with Gasteiger partial charge in [-0.05, 0) is 37.1 Å². The molecule has 0 aliphatic carbocycles. The SMILES string of the molecule is Cc1cc(Nc2nn(C)cc2N)cc(C)c1Br. The molecule has 2 aromatic rings. The first kappa shape index (κ1) is 12.0. The molecular weight excluding hydrogens is 280 g/mol. The van der Waals surface area contributed by atoms with Crippen LogP contribution in [0.5, 0.6) is 0 Å². The van der Waals surface area contributed by atoms with Crippen molar-refractivity contribution in [1.29, 1.82) is 0 Å². The molecule has 4 nitrogen and oxygen atoms in total. The third-order valence-electron chi connectivity index (χ3n) is 2.56. The lowest BCUT2D eigenvalue weighted by molar-refractivity contribution is 0.771. The van der Waals surface area contributed by atoms with E-state index in [1.165, 1.54) is 11.1 Å². The minimum absolute atomic E-state index is 0.644. The molecule has 90 valence electrons. The lowest BCUT2D eigenvalue weighted by Crippen LogP contribution is -1.97. The average Bonchev–Trinajstić information content (AvgIpc) is 2.54. The number of nitrogens with one attached hydrogen (secondary N) is 1. The van der Waals surface area contributed by atoms with Crippen molar-refractivity contribution in [1.82, 2.24) is 9.78 Å². The smallest absolute Gasteiger partial charge is 0.175 e. The molecule has 2 rings (SSSR count). The first-order valence-corrected chi connectivity index (χ1v) is 6.09. The Morgan fingerprint density at radius 3 is 2.35 bits per heavy atom. The van der Waals surface area contributed by atoms with E-state index in [9.17, 15) is 0 Å². The molecule has 17 heavy (non-hydrogen) atoms. The van der Waals surface area contributed by atoms with Crippen molar-refractivity contribution < 1.29 is 0 Å². The van der Waals surface area contributed by atoms with E-state index in [4.69, 9.17) is 5.73 Å². The van der Waals surface area contributed by atoms with Gasteiger partial charge in [-0.3, -0.25) is 4.68 Å². The second kappa shape index (κ2) is 4.41. The van der Waals surface area contributed by atoms with Crippen molar-refractivity contribution in [3.8, 4) is 0 Å². The molecule has 0 aliphatic rings. The zero-order valence-electron chi connectivity index (χ0n) is 10.1. The minimum Gasteiger partial charge on any atom is -0.394 e. The molecule has 0 bridgehead atoms. The summed E-state index contributed by atoms with van der Waals surface area (Å²) in [5.41, 5.74) is 9.84. The number of rotatable bonds is 2. The van der Waals surface area contributed by atoms with Gasteiger partial charge in [-0.25, -0.2) is 0 Å². The van der Waals surface area contributed by atoms with Gasteiger partial charge in [0.2, 0.25) is 0 Å². The van der Waals surface area contributed by atoms with Gasteiger partial charge in [0.25, 0.3) is 0 Å². The predicted molar refractivity (Wildman–Crippen MR) is 74.5 cm³/mol. The van der Waals surface area contributed by atoms with Crippen LogP contribution in [0, 0.1) is 13.8 Å².